The largest absolute Gasteiger partial charge is 0.336 e. The summed E-state index contributed by atoms with van der Waals surface area (Å²) in [6.07, 6.45) is 4.27. The maximum atomic E-state index is 13.9. The third-order valence-corrected chi connectivity index (χ3v) is 4.94. The summed E-state index contributed by atoms with van der Waals surface area (Å²) in [4.78, 5) is 16.5. The molecule has 3 rings (SSSR count). The van der Waals surface area contributed by atoms with E-state index in [4.69, 9.17) is 5.14 Å². The van der Waals surface area contributed by atoms with Crippen molar-refractivity contribution in [2.24, 2.45) is 5.14 Å². The number of nitrogens with zero attached hydrogens (tertiary/aromatic N) is 2. The molecule has 2 atom stereocenters. The van der Waals surface area contributed by atoms with E-state index in [-0.39, 0.29) is 6.42 Å². The predicted molar refractivity (Wildman–Crippen MR) is 91.5 cm³/mol. The normalized spacial score (nSPS) is 17.7. The summed E-state index contributed by atoms with van der Waals surface area (Å²) in [5.74, 6) is -0.425. The quantitative estimate of drug-likeness (QED) is 0.786. The highest BCUT2D eigenvalue weighted by molar-refractivity contribution is 7.98. The van der Waals surface area contributed by atoms with Crippen molar-refractivity contribution >= 4 is 28.6 Å². The van der Waals surface area contributed by atoms with E-state index in [1.54, 1.807) is 12.4 Å². The lowest BCUT2D eigenvalue weighted by Gasteiger charge is -2.19. The van der Waals surface area contributed by atoms with Gasteiger partial charge in [-0.3, -0.25) is 14.9 Å². The first-order valence-corrected chi connectivity index (χ1v) is 8.58. The molecular weight excluding hydrogens is 327 g/mol. The van der Waals surface area contributed by atoms with Crippen LogP contribution in [0.25, 0.3) is 10.8 Å². The molecule has 0 aliphatic heterocycles. The maximum Gasteiger partial charge on any atom is 0.235 e. The number of halogens is 1. The van der Waals surface area contributed by atoms with E-state index in [2.05, 4.69) is 16.4 Å². The molecular formula is C17H17FN4OS. The van der Waals surface area contributed by atoms with Crippen LogP contribution in [0.1, 0.15) is 30.9 Å². The summed E-state index contributed by atoms with van der Waals surface area (Å²) in [5, 5.41) is 18.7. The van der Waals surface area contributed by atoms with Crippen molar-refractivity contribution in [2.75, 3.05) is 0 Å². The minimum absolute atomic E-state index is 0.0753. The van der Waals surface area contributed by atoms with Crippen LogP contribution in [0.3, 0.4) is 0 Å². The molecule has 0 spiro atoms. The van der Waals surface area contributed by atoms with Crippen LogP contribution >= 0.6 is 11.9 Å². The molecule has 0 bridgehead atoms. The third-order valence-electron chi connectivity index (χ3n) is 4.23. The van der Waals surface area contributed by atoms with Crippen LogP contribution in [-0.4, -0.2) is 21.8 Å². The summed E-state index contributed by atoms with van der Waals surface area (Å²) in [6.45, 7) is 0. The number of fused-ring (bicyclic) bond motifs is 1. The van der Waals surface area contributed by atoms with Gasteiger partial charge in [0.1, 0.15) is 17.0 Å². The van der Waals surface area contributed by atoms with Crippen molar-refractivity contribution in [1.82, 2.24) is 10.3 Å². The van der Waals surface area contributed by atoms with Gasteiger partial charge in [-0.15, -0.1) is 0 Å². The molecule has 2 aromatic rings. The van der Waals surface area contributed by atoms with Crippen LogP contribution < -0.4 is 10.5 Å². The fourth-order valence-corrected chi connectivity index (χ4v) is 3.25. The van der Waals surface area contributed by atoms with Gasteiger partial charge in [0, 0.05) is 29.8 Å². The standard InChI is InChI=1S/C17H17FN4OS/c18-17(5-6-17)7-15(24-20)16(23)22-14(8-19)13-10-21-9-11-3-1-2-4-12(11)13/h1-4,9-10,14-15H,5-7,20H2,(H,22,23)/t14?,15-/m0/s1. The van der Waals surface area contributed by atoms with Crippen molar-refractivity contribution in [2.45, 2.75) is 36.2 Å². The van der Waals surface area contributed by atoms with E-state index in [9.17, 15) is 14.4 Å². The van der Waals surface area contributed by atoms with Crippen LogP contribution in [0.5, 0.6) is 0 Å². The Labute approximate surface area is 143 Å². The maximum absolute atomic E-state index is 13.9. The first-order chi connectivity index (χ1) is 11.6. The number of amides is 1. The Hall–Kier alpha value is -2.17. The molecule has 1 amide bonds. The fourth-order valence-electron chi connectivity index (χ4n) is 2.66. The molecule has 0 saturated heterocycles. The Morgan fingerprint density at radius 3 is 2.88 bits per heavy atom. The minimum atomic E-state index is -1.28. The van der Waals surface area contributed by atoms with Crippen LogP contribution in [0.2, 0.25) is 0 Å². The predicted octanol–water partition coefficient (Wildman–Crippen LogP) is 2.78. The minimum Gasteiger partial charge on any atom is -0.336 e. The summed E-state index contributed by atoms with van der Waals surface area (Å²) >= 11 is 0.819. The molecule has 5 nitrogen and oxygen atoms in total. The number of nitrogens with one attached hydrogen (secondary N) is 1. The van der Waals surface area contributed by atoms with Crippen LogP contribution in [0.15, 0.2) is 36.7 Å². The highest BCUT2D eigenvalue weighted by atomic mass is 32.2. The average molecular weight is 344 g/mol. The van der Waals surface area contributed by atoms with E-state index < -0.39 is 22.9 Å². The monoisotopic (exact) mass is 344 g/mol. The Kier molecular flexibility index (Phi) is 4.69. The van der Waals surface area contributed by atoms with Crippen LogP contribution in [-0.2, 0) is 4.79 Å². The van der Waals surface area contributed by atoms with Gasteiger partial charge in [-0.05, 0) is 18.2 Å². The van der Waals surface area contributed by atoms with Crippen LogP contribution in [0.4, 0.5) is 4.39 Å². The Bertz CT molecular complexity index is 797. The highest BCUT2D eigenvalue weighted by Gasteiger charge is 2.46. The zero-order valence-electron chi connectivity index (χ0n) is 12.9. The van der Waals surface area contributed by atoms with Gasteiger partial charge in [-0.25, -0.2) is 4.39 Å². The molecule has 1 aromatic carbocycles. The van der Waals surface area contributed by atoms with Crippen molar-refractivity contribution < 1.29 is 9.18 Å². The third kappa shape index (κ3) is 3.50. The van der Waals surface area contributed by atoms with Crippen molar-refractivity contribution in [1.29, 1.82) is 5.26 Å². The molecule has 24 heavy (non-hydrogen) atoms. The Morgan fingerprint density at radius 2 is 2.21 bits per heavy atom. The number of pyridine rings is 1. The van der Waals surface area contributed by atoms with E-state index >= 15 is 0 Å². The number of hydrogen-bond donors (Lipinski definition) is 2. The highest BCUT2D eigenvalue weighted by Crippen LogP contribution is 2.45. The molecule has 1 aromatic heterocycles. The number of nitriles is 1. The average Bonchev–Trinajstić information content (AvgIpc) is 3.34. The molecule has 1 saturated carbocycles. The number of benzene rings is 1. The number of carbonyl (C=O) groups is 1. The topological polar surface area (TPSA) is 91.8 Å². The van der Waals surface area contributed by atoms with Gasteiger partial charge in [0.05, 0.1) is 6.07 Å². The number of nitrogens with two attached hydrogens (primary N) is 1. The van der Waals surface area contributed by atoms with E-state index in [0.29, 0.717) is 18.4 Å². The second-order valence-electron chi connectivity index (χ2n) is 6.00. The molecule has 7 heteroatoms. The molecule has 3 N–H and O–H groups in total. The van der Waals surface area contributed by atoms with E-state index in [1.807, 2.05) is 24.3 Å². The Morgan fingerprint density at radius 1 is 1.46 bits per heavy atom. The zero-order valence-corrected chi connectivity index (χ0v) is 13.7. The van der Waals surface area contributed by atoms with Gasteiger partial charge < -0.3 is 5.32 Å². The number of alkyl halides is 1. The number of rotatable bonds is 6. The van der Waals surface area contributed by atoms with E-state index in [0.717, 1.165) is 22.7 Å². The van der Waals surface area contributed by atoms with Gasteiger partial charge >= 0.3 is 0 Å². The van der Waals surface area contributed by atoms with Gasteiger partial charge in [-0.1, -0.05) is 36.2 Å². The second kappa shape index (κ2) is 6.75. The summed E-state index contributed by atoms with van der Waals surface area (Å²) < 4.78 is 13.9. The first-order valence-electron chi connectivity index (χ1n) is 7.63. The molecule has 0 radical (unpaired) electrons. The van der Waals surface area contributed by atoms with Crippen LogP contribution in [0, 0.1) is 11.3 Å². The molecule has 1 unspecified atom stereocenters. The second-order valence-corrected chi connectivity index (χ2v) is 6.84. The lowest BCUT2D eigenvalue weighted by Crippen LogP contribution is -2.37. The number of aromatic nitrogens is 1. The summed E-state index contributed by atoms with van der Waals surface area (Å²) in [5.41, 5.74) is -0.663. The Balaban J connectivity index is 1.81. The van der Waals surface area contributed by atoms with Gasteiger partial charge in [0.25, 0.3) is 0 Å². The SMILES string of the molecule is N#CC(NC(=O)[C@H](CC1(F)CC1)SN)c1cncc2ccccc12. The number of carbonyl (C=O) groups excluding carboxylic acids is 1. The van der Waals surface area contributed by atoms with Crippen molar-refractivity contribution in [3.8, 4) is 6.07 Å². The molecule has 1 aliphatic carbocycles. The van der Waals surface area contributed by atoms with Gasteiger partial charge in [-0.2, -0.15) is 5.26 Å². The summed E-state index contributed by atoms with van der Waals surface area (Å²) in [7, 11) is 0. The van der Waals surface area contributed by atoms with Crippen molar-refractivity contribution in [3.63, 3.8) is 0 Å². The zero-order chi connectivity index (χ0) is 17.2. The van der Waals surface area contributed by atoms with Crippen molar-refractivity contribution in [3.05, 3.63) is 42.2 Å². The fraction of sp³-hybridized carbons (Fsp3) is 0.353. The first kappa shape index (κ1) is 16.7. The molecule has 124 valence electrons. The molecule has 1 aliphatic rings. The molecule has 1 fully saturated rings. The summed E-state index contributed by atoms with van der Waals surface area (Å²) in [6, 6.07) is 8.73. The van der Waals surface area contributed by atoms with Gasteiger partial charge in [0.2, 0.25) is 5.91 Å². The number of hydrogen-bond acceptors (Lipinski definition) is 5. The molecule has 1 heterocycles. The smallest absolute Gasteiger partial charge is 0.235 e. The lowest BCUT2D eigenvalue weighted by atomic mass is 10.0. The van der Waals surface area contributed by atoms with E-state index in [1.165, 1.54) is 0 Å². The van der Waals surface area contributed by atoms with Gasteiger partial charge in [0.15, 0.2) is 0 Å². The lowest BCUT2D eigenvalue weighted by molar-refractivity contribution is -0.121.